The molecule has 4 rings (SSSR count). The van der Waals surface area contributed by atoms with Crippen molar-refractivity contribution >= 4 is 5.91 Å². The van der Waals surface area contributed by atoms with E-state index < -0.39 is 0 Å². The second-order valence-corrected chi connectivity index (χ2v) is 6.95. The minimum atomic E-state index is -0.362. The number of rotatable bonds is 6. The number of carbonyl (C=O) groups excluding carboxylic acids is 1. The number of hydrogen-bond donors (Lipinski definition) is 1. The predicted octanol–water partition coefficient (Wildman–Crippen LogP) is 3.28. The molecule has 1 amide bonds. The molecular weight excluding hydrogens is 356 g/mol. The van der Waals surface area contributed by atoms with Gasteiger partial charge in [0.2, 0.25) is 5.89 Å². The molecule has 7 heteroatoms. The number of aromatic nitrogens is 3. The number of nitrogens with one attached hydrogen (secondary N) is 1. The van der Waals surface area contributed by atoms with Crippen LogP contribution in [-0.4, -0.2) is 39.6 Å². The number of ether oxygens (including phenoxy) is 1. The number of nitrogens with zero attached hydrogens (tertiary/aromatic N) is 3. The lowest BCUT2D eigenvalue weighted by atomic mass is 10.1. The Bertz CT molecular complexity index is 948. The first-order chi connectivity index (χ1) is 13.7. The van der Waals surface area contributed by atoms with E-state index in [-0.39, 0.29) is 12.0 Å². The van der Waals surface area contributed by atoms with Gasteiger partial charge in [-0.15, -0.1) is 0 Å². The molecule has 146 valence electrons. The fourth-order valence-electron chi connectivity index (χ4n) is 3.54. The maximum absolute atomic E-state index is 12.8. The summed E-state index contributed by atoms with van der Waals surface area (Å²) in [6.45, 7) is 3.09. The fraction of sp³-hybridized carbons (Fsp3) is 0.381. The van der Waals surface area contributed by atoms with Gasteiger partial charge in [-0.25, -0.2) is 4.98 Å². The van der Waals surface area contributed by atoms with Gasteiger partial charge >= 0.3 is 0 Å². The predicted molar refractivity (Wildman–Crippen MR) is 103 cm³/mol. The Morgan fingerprint density at radius 1 is 1.36 bits per heavy atom. The molecule has 3 heterocycles. The van der Waals surface area contributed by atoms with Crippen molar-refractivity contribution in [1.29, 1.82) is 0 Å². The maximum atomic E-state index is 12.8. The van der Waals surface area contributed by atoms with Gasteiger partial charge in [-0.05, 0) is 18.1 Å². The monoisotopic (exact) mass is 380 g/mol. The van der Waals surface area contributed by atoms with E-state index >= 15 is 0 Å². The topological polar surface area (TPSA) is 84.2 Å². The number of hydrogen-bond acceptors (Lipinski definition) is 5. The molecule has 0 radical (unpaired) electrons. The van der Waals surface area contributed by atoms with Gasteiger partial charge < -0.3 is 14.1 Å². The summed E-state index contributed by atoms with van der Waals surface area (Å²) in [5.74, 6) is 1.27. The van der Waals surface area contributed by atoms with Crippen molar-refractivity contribution in [3.63, 3.8) is 0 Å². The van der Waals surface area contributed by atoms with Gasteiger partial charge in [0.05, 0.1) is 6.54 Å². The molecule has 1 unspecified atom stereocenters. The molecule has 3 aromatic rings. The Kier molecular flexibility index (Phi) is 5.25. The van der Waals surface area contributed by atoms with Crippen LogP contribution in [0.5, 0.6) is 0 Å². The van der Waals surface area contributed by atoms with Gasteiger partial charge in [-0.3, -0.25) is 9.89 Å². The van der Waals surface area contributed by atoms with E-state index in [9.17, 15) is 4.79 Å². The van der Waals surface area contributed by atoms with Crippen LogP contribution in [0.3, 0.4) is 0 Å². The summed E-state index contributed by atoms with van der Waals surface area (Å²) in [4.78, 5) is 19.2. The highest BCUT2D eigenvalue weighted by molar-refractivity contribution is 5.92. The molecule has 0 bridgehead atoms. The number of aromatic amines is 1. The molecule has 1 aliphatic rings. The van der Waals surface area contributed by atoms with E-state index in [0.29, 0.717) is 31.1 Å². The number of methoxy groups -OCH3 is 1. The standard InChI is InChI=1S/C21H24N4O3/c1-3-7-15-12-16(24-23-15)21(26)25-11-10-18-17(13-25)22-20(28-18)19(27-2)14-8-5-4-6-9-14/h4-6,8-9,12,19H,3,7,10-11,13H2,1-2H3,(H,23,24). The third-order valence-electron chi connectivity index (χ3n) is 4.96. The first kappa shape index (κ1) is 18.4. The number of H-pyrrole nitrogens is 1. The van der Waals surface area contributed by atoms with Gasteiger partial charge in [0, 0.05) is 25.8 Å². The number of oxazole rings is 1. The average Bonchev–Trinajstić information content (AvgIpc) is 3.35. The summed E-state index contributed by atoms with van der Waals surface area (Å²) in [5.41, 5.74) is 3.21. The van der Waals surface area contributed by atoms with E-state index in [2.05, 4.69) is 22.1 Å². The Labute approximate surface area is 163 Å². The number of aryl methyl sites for hydroxylation is 1. The first-order valence-electron chi connectivity index (χ1n) is 9.59. The number of fused-ring (bicyclic) bond motifs is 1. The quantitative estimate of drug-likeness (QED) is 0.709. The van der Waals surface area contributed by atoms with Crippen molar-refractivity contribution in [2.75, 3.05) is 13.7 Å². The van der Waals surface area contributed by atoms with Gasteiger partial charge in [0.25, 0.3) is 5.91 Å². The summed E-state index contributed by atoms with van der Waals surface area (Å²) >= 11 is 0. The van der Waals surface area contributed by atoms with Crippen molar-refractivity contribution in [3.05, 3.63) is 70.7 Å². The maximum Gasteiger partial charge on any atom is 0.274 e. The fourth-order valence-corrected chi connectivity index (χ4v) is 3.54. The Balaban J connectivity index is 1.52. The molecule has 7 nitrogen and oxygen atoms in total. The van der Waals surface area contributed by atoms with Crippen molar-refractivity contribution in [3.8, 4) is 0 Å². The molecule has 1 N–H and O–H groups in total. The zero-order valence-corrected chi connectivity index (χ0v) is 16.1. The smallest absolute Gasteiger partial charge is 0.274 e. The summed E-state index contributed by atoms with van der Waals surface area (Å²) in [6.07, 6.45) is 2.16. The SMILES string of the molecule is CCCc1cc(C(=O)N2CCc3oc(C(OC)c4ccccc4)nc3C2)n[nH]1. The van der Waals surface area contributed by atoms with E-state index in [1.165, 1.54) is 0 Å². The van der Waals surface area contributed by atoms with Crippen LogP contribution in [0.4, 0.5) is 0 Å². The van der Waals surface area contributed by atoms with Gasteiger partial charge in [0.15, 0.2) is 6.10 Å². The van der Waals surface area contributed by atoms with E-state index in [4.69, 9.17) is 9.15 Å². The van der Waals surface area contributed by atoms with Crippen molar-refractivity contribution < 1.29 is 13.9 Å². The van der Waals surface area contributed by atoms with Crippen LogP contribution in [0.2, 0.25) is 0 Å². The summed E-state index contributed by atoms with van der Waals surface area (Å²) < 4.78 is 11.6. The minimum absolute atomic E-state index is 0.0832. The molecule has 0 fully saturated rings. The van der Waals surface area contributed by atoms with Crippen molar-refractivity contribution in [2.24, 2.45) is 0 Å². The molecule has 0 saturated heterocycles. The highest BCUT2D eigenvalue weighted by Gasteiger charge is 2.29. The summed E-state index contributed by atoms with van der Waals surface area (Å²) in [7, 11) is 1.64. The van der Waals surface area contributed by atoms with Crippen molar-refractivity contribution in [1.82, 2.24) is 20.1 Å². The molecular formula is C21H24N4O3. The molecule has 1 atom stereocenters. The lowest BCUT2D eigenvalue weighted by Crippen LogP contribution is -2.36. The van der Waals surface area contributed by atoms with E-state index in [1.54, 1.807) is 12.0 Å². The van der Waals surface area contributed by atoms with Crippen LogP contribution in [0.15, 0.2) is 40.8 Å². The molecule has 28 heavy (non-hydrogen) atoms. The highest BCUT2D eigenvalue weighted by atomic mass is 16.5. The summed E-state index contributed by atoms with van der Waals surface area (Å²) in [5, 5.41) is 7.11. The second kappa shape index (κ2) is 7.98. The Hall–Kier alpha value is -2.93. The third kappa shape index (κ3) is 3.57. The van der Waals surface area contributed by atoms with Crippen LogP contribution < -0.4 is 0 Å². The zero-order valence-electron chi connectivity index (χ0n) is 16.1. The average molecular weight is 380 g/mol. The first-order valence-corrected chi connectivity index (χ1v) is 9.59. The molecule has 0 aliphatic carbocycles. The van der Waals surface area contributed by atoms with Crippen LogP contribution in [0, 0.1) is 0 Å². The molecule has 2 aromatic heterocycles. The van der Waals surface area contributed by atoms with E-state index in [0.717, 1.165) is 35.6 Å². The minimum Gasteiger partial charge on any atom is -0.442 e. The van der Waals surface area contributed by atoms with Crippen molar-refractivity contribution in [2.45, 2.75) is 38.8 Å². The number of carbonyl (C=O) groups is 1. The number of benzene rings is 1. The molecule has 0 spiro atoms. The van der Waals surface area contributed by atoms with Crippen LogP contribution in [-0.2, 0) is 24.1 Å². The van der Waals surface area contributed by atoms with Gasteiger partial charge in [-0.2, -0.15) is 5.10 Å². The largest absolute Gasteiger partial charge is 0.442 e. The lowest BCUT2D eigenvalue weighted by Gasteiger charge is -2.24. The van der Waals surface area contributed by atoms with E-state index in [1.807, 2.05) is 36.4 Å². The second-order valence-electron chi connectivity index (χ2n) is 6.95. The van der Waals surface area contributed by atoms with Gasteiger partial charge in [0.1, 0.15) is 17.1 Å². The molecule has 1 aliphatic heterocycles. The normalized spacial score (nSPS) is 14.7. The molecule has 1 aromatic carbocycles. The van der Waals surface area contributed by atoms with Crippen LogP contribution in [0.25, 0.3) is 0 Å². The lowest BCUT2D eigenvalue weighted by molar-refractivity contribution is 0.0721. The zero-order chi connectivity index (χ0) is 19.5. The highest BCUT2D eigenvalue weighted by Crippen LogP contribution is 2.29. The van der Waals surface area contributed by atoms with Crippen LogP contribution >= 0.6 is 0 Å². The summed E-state index contributed by atoms with van der Waals surface area (Å²) in [6, 6.07) is 11.7. The molecule has 0 saturated carbocycles. The Morgan fingerprint density at radius 3 is 2.93 bits per heavy atom. The third-order valence-corrected chi connectivity index (χ3v) is 4.96. The number of amides is 1. The van der Waals surface area contributed by atoms with Gasteiger partial charge in [-0.1, -0.05) is 43.7 Å². The van der Waals surface area contributed by atoms with Crippen LogP contribution in [0.1, 0.15) is 58.5 Å². The Morgan fingerprint density at radius 2 is 2.18 bits per heavy atom.